The van der Waals surface area contributed by atoms with Crippen molar-refractivity contribution in [1.29, 1.82) is 0 Å². The summed E-state index contributed by atoms with van der Waals surface area (Å²) >= 11 is 5.80. The third-order valence-electron chi connectivity index (χ3n) is 6.37. The smallest absolute Gasteiger partial charge is 0.227 e. The number of nitrogens with two attached hydrogens (primary N) is 2. The first-order chi connectivity index (χ1) is 20.8. The van der Waals surface area contributed by atoms with E-state index in [1.54, 1.807) is 37.1 Å². The molecule has 0 aliphatic heterocycles. The van der Waals surface area contributed by atoms with Gasteiger partial charge in [0.25, 0.3) is 0 Å². The zero-order valence-corrected chi connectivity index (χ0v) is 24.3. The second kappa shape index (κ2) is 13.4. The molecule has 0 unspecified atom stereocenters. The summed E-state index contributed by atoms with van der Waals surface area (Å²) in [6.07, 6.45) is 10.2. The monoisotopic (exact) mass is 588 g/mol. The molecule has 0 aliphatic rings. The van der Waals surface area contributed by atoms with E-state index in [4.69, 9.17) is 23.1 Å². The molecule has 0 saturated heterocycles. The van der Waals surface area contributed by atoms with E-state index < -0.39 is 0 Å². The number of nitrogens with zero attached hydrogens (tertiary/aromatic N) is 6. The normalized spacial score (nSPS) is 10.4. The van der Waals surface area contributed by atoms with E-state index in [2.05, 4.69) is 40.5 Å². The summed E-state index contributed by atoms with van der Waals surface area (Å²) in [6, 6.07) is 20.7. The number of pyridine rings is 2. The highest BCUT2D eigenvalue weighted by molar-refractivity contribution is 6.29. The summed E-state index contributed by atoms with van der Waals surface area (Å²) in [5.41, 5.74) is 20.7. The van der Waals surface area contributed by atoms with Crippen LogP contribution in [0.2, 0.25) is 5.15 Å². The molecule has 0 amide bonds. The molecule has 0 saturated carbocycles. The van der Waals surface area contributed by atoms with Gasteiger partial charge in [-0.1, -0.05) is 23.7 Å². The largest absolute Gasteiger partial charge is 0.399 e. The fourth-order valence-electron chi connectivity index (χ4n) is 4.04. The second-order valence-electron chi connectivity index (χ2n) is 9.59. The van der Waals surface area contributed by atoms with Crippen LogP contribution in [0.3, 0.4) is 0 Å². The molecule has 0 fully saturated rings. The van der Waals surface area contributed by atoms with E-state index in [1.165, 1.54) is 6.33 Å². The number of nitrogens with one attached hydrogen (secondary N) is 2. The molecular weight excluding hydrogens is 560 g/mol. The third kappa shape index (κ3) is 7.78. The predicted molar refractivity (Wildman–Crippen MR) is 173 cm³/mol. The van der Waals surface area contributed by atoms with Gasteiger partial charge in [0.15, 0.2) is 0 Å². The van der Waals surface area contributed by atoms with Crippen molar-refractivity contribution >= 4 is 46.1 Å². The van der Waals surface area contributed by atoms with E-state index in [-0.39, 0.29) is 0 Å². The molecule has 11 heteroatoms. The Bertz CT molecular complexity index is 1830. The Balaban J connectivity index is 0.000000171. The number of halogens is 1. The topological polar surface area (TPSA) is 153 Å². The number of aryl methyl sites for hydroxylation is 2. The van der Waals surface area contributed by atoms with Crippen LogP contribution in [0.15, 0.2) is 104 Å². The van der Waals surface area contributed by atoms with Gasteiger partial charge in [-0.2, -0.15) is 0 Å². The number of hydrogen-bond acceptors (Lipinski definition) is 10. The average Bonchev–Trinajstić information content (AvgIpc) is 3.02. The van der Waals surface area contributed by atoms with Crippen molar-refractivity contribution in [3.05, 3.63) is 120 Å². The fraction of sp³-hybridized carbons (Fsp3) is 0.0625. The van der Waals surface area contributed by atoms with Crippen molar-refractivity contribution in [1.82, 2.24) is 29.9 Å². The van der Waals surface area contributed by atoms with E-state index in [1.807, 2.05) is 74.5 Å². The Morgan fingerprint density at radius 2 is 1.30 bits per heavy atom. The van der Waals surface area contributed by atoms with Gasteiger partial charge in [0.05, 0.1) is 5.69 Å². The zero-order valence-electron chi connectivity index (χ0n) is 23.5. The molecule has 6 rings (SSSR count). The summed E-state index contributed by atoms with van der Waals surface area (Å²) in [5, 5.41) is 6.93. The van der Waals surface area contributed by atoms with Gasteiger partial charge in [0.2, 0.25) is 5.95 Å². The van der Waals surface area contributed by atoms with Crippen molar-refractivity contribution in [3.63, 3.8) is 0 Å². The van der Waals surface area contributed by atoms with Crippen LogP contribution in [0.5, 0.6) is 0 Å². The first-order valence-corrected chi connectivity index (χ1v) is 13.6. The second-order valence-corrected chi connectivity index (χ2v) is 9.98. The lowest BCUT2D eigenvalue weighted by molar-refractivity contribution is 1.16. The SMILES string of the molecule is Cc1ccc(N)cc1Nc1cc(-c2cncnc2)ccn1.Cc1ccc(N)cc1Nc1nccc(-c2ccc(Cl)nc2)n1. The van der Waals surface area contributed by atoms with Gasteiger partial charge in [0.1, 0.15) is 17.3 Å². The molecule has 0 atom stereocenters. The minimum Gasteiger partial charge on any atom is -0.399 e. The zero-order chi connectivity index (χ0) is 30.2. The molecule has 0 aliphatic carbocycles. The van der Waals surface area contributed by atoms with Crippen molar-refractivity contribution in [2.75, 3.05) is 22.1 Å². The maximum Gasteiger partial charge on any atom is 0.227 e. The van der Waals surface area contributed by atoms with Crippen molar-refractivity contribution in [3.8, 4) is 22.4 Å². The van der Waals surface area contributed by atoms with E-state index >= 15 is 0 Å². The number of benzene rings is 2. The molecule has 0 spiro atoms. The summed E-state index contributed by atoms with van der Waals surface area (Å²) in [6.45, 7) is 4.02. The third-order valence-corrected chi connectivity index (χ3v) is 6.59. The lowest BCUT2D eigenvalue weighted by Crippen LogP contribution is -2.00. The van der Waals surface area contributed by atoms with E-state index in [0.717, 1.165) is 56.4 Å². The van der Waals surface area contributed by atoms with Gasteiger partial charge in [-0.25, -0.2) is 29.9 Å². The van der Waals surface area contributed by atoms with Gasteiger partial charge in [-0.05, 0) is 85.1 Å². The lowest BCUT2D eigenvalue weighted by atomic mass is 10.1. The predicted octanol–water partition coefficient (Wildman–Crippen LogP) is 7.00. The Kier molecular flexibility index (Phi) is 8.99. The average molecular weight is 589 g/mol. The van der Waals surface area contributed by atoms with E-state index in [9.17, 15) is 0 Å². The van der Waals surface area contributed by atoms with Crippen LogP contribution in [0.1, 0.15) is 11.1 Å². The molecule has 6 aromatic rings. The standard InChI is InChI=1S/C16H14ClN5.C16H15N5/c1-10-2-4-12(18)8-14(10)22-16-19-7-6-13(21-16)11-3-5-15(17)20-9-11;1-11-2-3-14(17)7-15(11)21-16-6-12(4-5-20-16)13-8-18-10-19-9-13/h2-9H,18H2,1H3,(H,19,21,22);2-10H,17H2,1H3,(H,20,21). The molecule has 2 aromatic carbocycles. The van der Waals surface area contributed by atoms with Crippen molar-refractivity contribution < 1.29 is 0 Å². The van der Waals surface area contributed by atoms with Crippen LogP contribution in [-0.2, 0) is 0 Å². The van der Waals surface area contributed by atoms with Gasteiger partial charge in [0, 0.05) is 64.9 Å². The highest BCUT2D eigenvalue weighted by Gasteiger charge is 2.06. The van der Waals surface area contributed by atoms with Crippen LogP contribution >= 0.6 is 11.6 Å². The molecule has 0 radical (unpaired) electrons. The summed E-state index contributed by atoms with van der Waals surface area (Å²) in [7, 11) is 0. The Morgan fingerprint density at radius 3 is 1.98 bits per heavy atom. The Morgan fingerprint density at radius 1 is 0.628 bits per heavy atom. The van der Waals surface area contributed by atoms with Crippen LogP contribution in [0.25, 0.3) is 22.4 Å². The lowest BCUT2D eigenvalue weighted by Gasteiger charge is -2.10. The minimum absolute atomic E-state index is 0.451. The molecule has 43 heavy (non-hydrogen) atoms. The highest BCUT2D eigenvalue weighted by Crippen LogP contribution is 2.26. The number of hydrogen-bond donors (Lipinski definition) is 4. The summed E-state index contributed by atoms with van der Waals surface area (Å²) in [4.78, 5) is 25.2. The molecule has 214 valence electrons. The van der Waals surface area contributed by atoms with Crippen molar-refractivity contribution in [2.45, 2.75) is 13.8 Å². The van der Waals surface area contributed by atoms with Crippen LogP contribution in [0.4, 0.5) is 34.5 Å². The van der Waals surface area contributed by atoms with E-state index in [0.29, 0.717) is 16.8 Å². The number of aromatic nitrogens is 6. The maximum atomic E-state index is 5.83. The molecule has 4 aromatic heterocycles. The van der Waals surface area contributed by atoms with Crippen LogP contribution in [0, 0.1) is 13.8 Å². The first-order valence-electron chi connectivity index (χ1n) is 13.3. The maximum absolute atomic E-state index is 5.83. The van der Waals surface area contributed by atoms with Gasteiger partial charge in [-0.15, -0.1) is 0 Å². The number of anilines is 6. The van der Waals surface area contributed by atoms with Crippen molar-refractivity contribution in [2.24, 2.45) is 0 Å². The first kappa shape index (κ1) is 28.9. The number of nitrogen functional groups attached to an aromatic ring is 2. The molecule has 4 heterocycles. The minimum atomic E-state index is 0.451. The number of rotatable bonds is 6. The fourth-order valence-corrected chi connectivity index (χ4v) is 4.15. The summed E-state index contributed by atoms with van der Waals surface area (Å²) in [5.74, 6) is 1.26. The molecule has 10 nitrogen and oxygen atoms in total. The van der Waals surface area contributed by atoms with Gasteiger partial charge in [-0.3, -0.25) is 0 Å². The molecule has 0 bridgehead atoms. The quantitative estimate of drug-likeness (QED) is 0.118. The van der Waals surface area contributed by atoms with Crippen LogP contribution < -0.4 is 22.1 Å². The Labute approximate surface area is 254 Å². The molecule has 6 N–H and O–H groups in total. The Hall–Kier alpha value is -5.61. The van der Waals surface area contributed by atoms with Gasteiger partial charge < -0.3 is 22.1 Å². The molecular formula is C32H29ClN10. The van der Waals surface area contributed by atoms with Crippen LogP contribution in [-0.4, -0.2) is 29.9 Å². The summed E-state index contributed by atoms with van der Waals surface area (Å²) < 4.78 is 0. The highest BCUT2D eigenvalue weighted by atomic mass is 35.5. The van der Waals surface area contributed by atoms with Gasteiger partial charge >= 0.3 is 0 Å².